The normalized spacial score (nSPS) is 14.3. The number of hydrogen-bond donors (Lipinski definition) is 0. The number of fused-ring (bicyclic) bond motifs is 2. The fourth-order valence-corrected chi connectivity index (χ4v) is 3.73. The topological polar surface area (TPSA) is 58.4 Å². The summed E-state index contributed by atoms with van der Waals surface area (Å²) in [5.74, 6) is -0.143. The van der Waals surface area contributed by atoms with Crippen molar-refractivity contribution in [2.75, 3.05) is 25.0 Å². The van der Waals surface area contributed by atoms with Crippen LogP contribution in [0.5, 0.6) is 0 Å². The molecule has 1 amide bonds. The third-order valence-electron chi connectivity index (χ3n) is 5.28. The van der Waals surface area contributed by atoms with Crippen molar-refractivity contribution < 1.29 is 4.79 Å². The number of likely N-dealkylation sites (N-methyl/N-ethyl adjacent to an activating group) is 1. The van der Waals surface area contributed by atoms with E-state index in [4.69, 9.17) is 0 Å². The van der Waals surface area contributed by atoms with Crippen LogP contribution in [-0.4, -0.2) is 40.7 Å². The molecule has 6 nitrogen and oxygen atoms in total. The minimum Gasteiger partial charge on any atom is -0.373 e. The van der Waals surface area contributed by atoms with Crippen molar-refractivity contribution in [1.82, 2.24) is 14.7 Å². The highest BCUT2D eigenvalue weighted by Crippen LogP contribution is 2.25. The zero-order valence-corrected chi connectivity index (χ0v) is 16.4. The van der Waals surface area contributed by atoms with Gasteiger partial charge in [-0.25, -0.2) is 4.68 Å². The van der Waals surface area contributed by atoms with Gasteiger partial charge in [0.2, 0.25) is 0 Å². The maximum atomic E-state index is 13.5. The lowest BCUT2D eigenvalue weighted by Crippen LogP contribution is -2.37. The number of amides is 1. The molecule has 0 aliphatic carbocycles. The molecule has 0 radical (unpaired) electrons. The average molecular weight is 376 g/mol. The van der Waals surface area contributed by atoms with Crippen molar-refractivity contribution in [2.45, 2.75) is 26.4 Å². The van der Waals surface area contributed by atoms with E-state index in [1.54, 1.807) is 12.1 Å². The molecule has 2 aromatic carbocycles. The molecule has 0 N–H and O–H groups in total. The van der Waals surface area contributed by atoms with Crippen molar-refractivity contribution >= 4 is 22.4 Å². The molecule has 4 rings (SSSR count). The van der Waals surface area contributed by atoms with Crippen LogP contribution in [0.4, 0.5) is 5.69 Å². The molecule has 6 heteroatoms. The average Bonchev–Trinajstić information content (AvgIpc) is 2.87. The Labute approximate surface area is 164 Å². The van der Waals surface area contributed by atoms with Crippen molar-refractivity contribution in [3.63, 3.8) is 0 Å². The summed E-state index contributed by atoms with van der Waals surface area (Å²) in [6.07, 6.45) is 0. The number of aromatic nitrogens is 2. The van der Waals surface area contributed by atoms with Gasteiger partial charge < -0.3 is 9.80 Å². The predicted molar refractivity (Wildman–Crippen MR) is 111 cm³/mol. The molecule has 0 fully saturated rings. The highest BCUT2D eigenvalue weighted by molar-refractivity contribution is 6.04. The Balaban J connectivity index is 1.81. The summed E-state index contributed by atoms with van der Waals surface area (Å²) >= 11 is 0. The van der Waals surface area contributed by atoms with Gasteiger partial charge in [-0.1, -0.05) is 36.4 Å². The fraction of sp³-hybridized carbons (Fsp3) is 0.318. The number of hydrogen-bond acceptors (Lipinski definition) is 4. The van der Waals surface area contributed by atoms with Crippen LogP contribution in [0.1, 0.15) is 35.9 Å². The van der Waals surface area contributed by atoms with Crippen LogP contribution >= 0.6 is 0 Å². The van der Waals surface area contributed by atoms with E-state index in [-0.39, 0.29) is 17.5 Å². The molecule has 1 aromatic heterocycles. The summed E-state index contributed by atoms with van der Waals surface area (Å²) < 4.78 is 1.41. The number of anilines is 1. The lowest BCUT2D eigenvalue weighted by atomic mass is 10.1. The summed E-state index contributed by atoms with van der Waals surface area (Å²) in [4.78, 5) is 30.2. The zero-order valence-electron chi connectivity index (χ0n) is 16.4. The Hall–Kier alpha value is -3.15. The van der Waals surface area contributed by atoms with Crippen LogP contribution in [0.2, 0.25) is 0 Å². The number of benzene rings is 2. The van der Waals surface area contributed by atoms with Gasteiger partial charge in [0.15, 0.2) is 5.69 Å². The van der Waals surface area contributed by atoms with E-state index in [9.17, 15) is 9.59 Å². The fourth-order valence-electron chi connectivity index (χ4n) is 3.73. The molecule has 144 valence electrons. The molecule has 0 atom stereocenters. The Morgan fingerprint density at radius 2 is 1.68 bits per heavy atom. The number of para-hydroxylation sites is 1. The van der Waals surface area contributed by atoms with Gasteiger partial charge in [-0.2, -0.15) is 5.10 Å². The molecule has 3 aromatic rings. The monoisotopic (exact) mass is 376 g/mol. The second-order valence-corrected chi connectivity index (χ2v) is 7.51. The van der Waals surface area contributed by atoms with Crippen LogP contribution in [-0.2, 0) is 6.54 Å². The second-order valence-electron chi connectivity index (χ2n) is 7.51. The molecule has 0 bridgehead atoms. The molecule has 0 unspecified atom stereocenters. The Bertz CT molecular complexity index is 1100. The first-order chi connectivity index (χ1) is 13.5. The summed E-state index contributed by atoms with van der Waals surface area (Å²) in [6, 6.07) is 15.2. The van der Waals surface area contributed by atoms with Crippen LogP contribution in [0.25, 0.3) is 10.8 Å². The summed E-state index contributed by atoms with van der Waals surface area (Å²) in [7, 11) is 2.04. The van der Waals surface area contributed by atoms with Crippen LogP contribution in [0.3, 0.4) is 0 Å². The summed E-state index contributed by atoms with van der Waals surface area (Å²) in [5.41, 5.74) is 2.43. The molecule has 0 saturated heterocycles. The molecule has 2 heterocycles. The zero-order chi connectivity index (χ0) is 19.8. The third kappa shape index (κ3) is 3.05. The van der Waals surface area contributed by atoms with E-state index in [0.717, 1.165) is 17.8 Å². The minimum atomic E-state index is -0.164. The van der Waals surface area contributed by atoms with Gasteiger partial charge in [-0.15, -0.1) is 0 Å². The lowest BCUT2D eigenvalue weighted by molar-refractivity contribution is 0.0745. The van der Waals surface area contributed by atoms with Crippen LogP contribution < -0.4 is 10.5 Å². The van der Waals surface area contributed by atoms with Gasteiger partial charge in [0, 0.05) is 37.8 Å². The molecular formula is C22H24N4O2. The third-order valence-corrected chi connectivity index (χ3v) is 5.28. The molecule has 0 saturated carbocycles. The number of carbonyl (C=O) groups is 1. The molecule has 1 aliphatic rings. The smallest absolute Gasteiger partial charge is 0.275 e. The van der Waals surface area contributed by atoms with E-state index in [0.29, 0.717) is 29.6 Å². The maximum Gasteiger partial charge on any atom is 0.275 e. The lowest BCUT2D eigenvalue weighted by Gasteiger charge is -2.22. The van der Waals surface area contributed by atoms with E-state index in [1.807, 2.05) is 50.1 Å². The first-order valence-corrected chi connectivity index (χ1v) is 9.57. The van der Waals surface area contributed by atoms with E-state index >= 15 is 0 Å². The van der Waals surface area contributed by atoms with Gasteiger partial charge in [0.1, 0.15) is 0 Å². The van der Waals surface area contributed by atoms with Crippen LogP contribution in [0, 0.1) is 0 Å². The highest BCUT2D eigenvalue weighted by Gasteiger charge is 2.26. The number of carbonyl (C=O) groups excluding carboxylic acids is 1. The second kappa shape index (κ2) is 7.11. The molecular weight excluding hydrogens is 352 g/mol. The highest BCUT2D eigenvalue weighted by atomic mass is 16.2. The largest absolute Gasteiger partial charge is 0.373 e. The van der Waals surface area contributed by atoms with Crippen molar-refractivity contribution in [3.8, 4) is 0 Å². The van der Waals surface area contributed by atoms with Crippen molar-refractivity contribution in [1.29, 1.82) is 0 Å². The molecule has 28 heavy (non-hydrogen) atoms. The number of nitrogens with zero attached hydrogens (tertiary/aromatic N) is 4. The SMILES string of the molecule is CC(C)n1nc(C(=O)N2CCN(C)c3ccccc3C2)c2ccccc2c1=O. The van der Waals surface area contributed by atoms with E-state index in [2.05, 4.69) is 22.1 Å². The standard InChI is InChI=1S/C22H24N4O2/c1-15(2)26-21(27)18-10-6-5-9-17(18)20(23-26)22(28)25-13-12-24(3)19-11-7-4-8-16(19)14-25/h4-11,15H,12-14H2,1-3H3. The van der Waals surface area contributed by atoms with Gasteiger partial charge in [-0.3, -0.25) is 9.59 Å². The maximum absolute atomic E-state index is 13.5. The van der Waals surface area contributed by atoms with Gasteiger partial charge in [0.25, 0.3) is 11.5 Å². The van der Waals surface area contributed by atoms with Crippen molar-refractivity contribution in [2.24, 2.45) is 0 Å². The molecule has 1 aliphatic heterocycles. The Kier molecular flexibility index (Phi) is 4.63. The quantitative estimate of drug-likeness (QED) is 0.690. The van der Waals surface area contributed by atoms with E-state index in [1.165, 1.54) is 4.68 Å². The first kappa shape index (κ1) is 18.2. The van der Waals surface area contributed by atoms with Crippen molar-refractivity contribution in [3.05, 3.63) is 70.1 Å². The minimum absolute atomic E-state index is 0.125. The first-order valence-electron chi connectivity index (χ1n) is 9.57. The van der Waals surface area contributed by atoms with Gasteiger partial charge >= 0.3 is 0 Å². The van der Waals surface area contributed by atoms with E-state index < -0.39 is 0 Å². The Morgan fingerprint density at radius 1 is 1.00 bits per heavy atom. The van der Waals surface area contributed by atoms with Gasteiger partial charge in [0.05, 0.1) is 11.4 Å². The summed E-state index contributed by atoms with van der Waals surface area (Å²) in [5, 5.41) is 5.62. The predicted octanol–water partition coefficient (Wildman–Crippen LogP) is 3.07. The van der Waals surface area contributed by atoms with Crippen LogP contribution in [0.15, 0.2) is 53.3 Å². The van der Waals surface area contributed by atoms with Gasteiger partial charge in [-0.05, 0) is 31.5 Å². The number of rotatable bonds is 2. The summed E-state index contributed by atoms with van der Waals surface area (Å²) in [6.45, 7) is 5.66. The Morgan fingerprint density at radius 3 is 2.43 bits per heavy atom. The molecule has 0 spiro atoms.